The summed E-state index contributed by atoms with van der Waals surface area (Å²) >= 11 is 0. The van der Waals surface area contributed by atoms with Gasteiger partial charge in [0.1, 0.15) is 0 Å². The summed E-state index contributed by atoms with van der Waals surface area (Å²) in [5.74, 6) is -1.17. The van der Waals surface area contributed by atoms with Gasteiger partial charge in [-0.3, -0.25) is 4.57 Å². The number of fused-ring (bicyclic) bond motifs is 7. The van der Waals surface area contributed by atoms with Gasteiger partial charge in [-0.15, -0.1) is 0 Å². The van der Waals surface area contributed by atoms with Gasteiger partial charge in [0.2, 0.25) is 5.95 Å². The summed E-state index contributed by atoms with van der Waals surface area (Å²) < 4.78 is 132. The van der Waals surface area contributed by atoms with Crippen molar-refractivity contribution >= 4 is 43.6 Å². The molecule has 206 valence electrons. The summed E-state index contributed by atoms with van der Waals surface area (Å²) in [5, 5.41) is 2.52. The number of benzene rings is 6. The van der Waals surface area contributed by atoms with Crippen molar-refractivity contribution in [2.24, 2.45) is 0 Å². The van der Waals surface area contributed by atoms with Crippen molar-refractivity contribution < 1.29 is 20.6 Å². The van der Waals surface area contributed by atoms with Crippen LogP contribution < -0.4 is 0 Å². The van der Waals surface area contributed by atoms with E-state index >= 15 is 0 Å². The number of para-hydroxylation sites is 3. The second-order valence-corrected chi connectivity index (χ2v) is 9.82. The fourth-order valence-electron chi connectivity index (χ4n) is 5.71. The Kier molecular flexibility index (Phi) is 3.09. The Hall–Kier alpha value is -6.07. The molecule has 0 aliphatic heterocycles. The first-order valence-electron chi connectivity index (χ1n) is 21.0. The van der Waals surface area contributed by atoms with E-state index in [-0.39, 0.29) is 11.6 Å². The van der Waals surface area contributed by atoms with Crippen LogP contribution in [0.2, 0.25) is 0 Å². The number of rotatable bonds is 4. The van der Waals surface area contributed by atoms with Crippen LogP contribution in [0.5, 0.6) is 0 Å². The first-order chi connectivity index (χ1) is 28.1. The molecule has 0 N–H and O–H groups in total. The van der Waals surface area contributed by atoms with E-state index in [0.717, 1.165) is 0 Å². The minimum Gasteiger partial charge on any atom is -0.307 e. The van der Waals surface area contributed by atoms with Gasteiger partial charge in [-0.05, 0) is 24.2 Å². The van der Waals surface area contributed by atoms with Gasteiger partial charge in [0.05, 0.1) is 42.6 Å². The van der Waals surface area contributed by atoms with Crippen LogP contribution in [-0.2, 0) is 0 Å². The van der Waals surface area contributed by atoms with Crippen LogP contribution in [0, 0.1) is 0 Å². The molecule has 0 aliphatic rings. The third-order valence-electron chi connectivity index (χ3n) is 7.45. The molecule has 0 atom stereocenters. The lowest BCUT2D eigenvalue weighted by Gasteiger charge is -2.13. The zero-order valence-electron chi connectivity index (χ0n) is 37.5. The SMILES string of the molecule is [2H]c1c([2H])c([2H])c(-c2nc(-c3c([2H])c([2H])c([2H])c([2H])c3[2H])nc(-n3c4ccccc4c4ccc5c6ccccc6n(-c6c([2H])c([2H])c([2H])c([2H])c6[2H])c5c43)n2)c([2H])c1[2H]. The van der Waals surface area contributed by atoms with Crippen molar-refractivity contribution in [2.45, 2.75) is 0 Å². The maximum atomic E-state index is 9.03. The third-order valence-corrected chi connectivity index (χ3v) is 7.45. The molecule has 0 saturated carbocycles. The molecule has 3 heterocycles. The maximum absolute atomic E-state index is 9.03. The molecule has 0 aliphatic carbocycles. The van der Waals surface area contributed by atoms with Crippen LogP contribution in [0.15, 0.2) is 151 Å². The first-order valence-corrected chi connectivity index (χ1v) is 13.5. The fraction of sp³-hybridized carbons (Fsp3) is 0. The van der Waals surface area contributed by atoms with Crippen molar-refractivity contribution in [1.82, 2.24) is 24.1 Å². The lowest BCUT2D eigenvalue weighted by molar-refractivity contribution is 0.953. The molecule has 9 rings (SSSR count). The Balaban J connectivity index is 1.53. The minimum absolute atomic E-state index is 0.137. The Morgan fingerprint density at radius 2 is 0.886 bits per heavy atom. The lowest BCUT2D eigenvalue weighted by atomic mass is 10.1. The van der Waals surface area contributed by atoms with E-state index in [1.165, 1.54) is 0 Å². The fourth-order valence-corrected chi connectivity index (χ4v) is 5.71. The number of hydrogen-bond donors (Lipinski definition) is 0. The van der Waals surface area contributed by atoms with Gasteiger partial charge in [0.15, 0.2) is 11.6 Å². The molecule has 6 aromatic carbocycles. The minimum atomic E-state index is -0.686. The molecule has 9 aromatic rings. The average molecular weight is 579 g/mol. The molecule has 5 heteroatoms. The second kappa shape index (κ2) is 9.75. The van der Waals surface area contributed by atoms with E-state index in [4.69, 9.17) is 30.5 Å². The molecular weight excluding hydrogens is 538 g/mol. The standard InChI is InChI=1S/C39H25N5/c1-4-14-26(15-5-1)37-40-38(27-16-6-2-7-17-27)42-39(41-37)44-34-23-13-11-21-30(34)32-25-24-31-29-20-10-12-22-33(29)43(35(31)36(32)44)28-18-8-3-9-19-28/h1-25H/i1D,2D,3D,4D,5D,6D,7D,8D,9D,14D,15D,16D,17D,18D,19D. The largest absolute Gasteiger partial charge is 0.307 e. The summed E-state index contributed by atoms with van der Waals surface area (Å²) in [6, 6.07) is 8.62. The highest BCUT2D eigenvalue weighted by molar-refractivity contribution is 6.23. The molecule has 5 nitrogen and oxygen atoms in total. The summed E-state index contributed by atoms with van der Waals surface area (Å²) in [7, 11) is 0. The summed E-state index contributed by atoms with van der Waals surface area (Å²) in [5.41, 5.74) is 0.685. The smallest absolute Gasteiger partial charge is 0.238 e. The van der Waals surface area contributed by atoms with Crippen LogP contribution in [0.1, 0.15) is 20.6 Å². The molecule has 0 bridgehead atoms. The van der Waals surface area contributed by atoms with Crippen LogP contribution in [-0.4, -0.2) is 24.1 Å². The van der Waals surface area contributed by atoms with Crippen LogP contribution in [0.3, 0.4) is 0 Å². The van der Waals surface area contributed by atoms with E-state index in [2.05, 4.69) is 4.98 Å². The predicted molar refractivity (Wildman–Crippen MR) is 179 cm³/mol. The summed E-state index contributed by atoms with van der Waals surface area (Å²) in [6.45, 7) is 0. The van der Waals surface area contributed by atoms with E-state index in [1.54, 1.807) is 45.5 Å². The number of aromatic nitrogens is 5. The van der Waals surface area contributed by atoms with Gasteiger partial charge in [0, 0.05) is 38.4 Å². The molecular formula is C39H25N5. The van der Waals surface area contributed by atoms with E-state index in [1.807, 2.05) is 24.3 Å². The van der Waals surface area contributed by atoms with Crippen LogP contribution in [0.25, 0.3) is 78.0 Å². The van der Waals surface area contributed by atoms with E-state index in [0.29, 0.717) is 43.6 Å². The highest BCUT2D eigenvalue weighted by Gasteiger charge is 2.23. The summed E-state index contributed by atoms with van der Waals surface area (Å²) in [4.78, 5) is 13.9. The van der Waals surface area contributed by atoms with Crippen LogP contribution >= 0.6 is 0 Å². The highest BCUT2D eigenvalue weighted by atomic mass is 15.2. The van der Waals surface area contributed by atoms with Crippen molar-refractivity contribution in [3.05, 3.63) is 151 Å². The molecule has 44 heavy (non-hydrogen) atoms. The molecule has 0 saturated heterocycles. The molecule has 0 unspecified atom stereocenters. The topological polar surface area (TPSA) is 48.5 Å². The highest BCUT2D eigenvalue weighted by Crippen LogP contribution is 2.41. The zero-order valence-corrected chi connectivity index (χ0v) is 22.5. The van der Waals surface area contributed by atoms with Crippen molar-refractivity contribution in [3.8, 4) is 34.4 Å². The van der Waals surface area contributed by atoms with Gasteiger partial charge >= 0.3 is 0 Å². The van der Waals surface area contributed by atoms with Gasteiger partial charge in [-0.25, -0.2) is 4.98 Å². The molecule has 0 fully saturated rings. The van der Waals surface area contributed by atoms with Gasteiger partial charge in [-0.1, -0.05) is 127 Å². The van der Waals surface area contributed by atoms with Crippen molar-refractivity contribution in [3.63, 3.8) is 0 Å². The van der Waals surface area contributed by atoms with Crippen LogP contribution in [0.4, 0.5) is 0 Å². The predicted octanol–water partition coefficient (Wildman–Crippen LogP) is 9.40. The average Bonchev–Trinajstić information content (AvgIpc) is 3.75. The third kappa shape index (κ3) is 3.69. The molecule has 0 radical (unpaired) electrons. The van der Waals surface area contributed by atoms with Gasteiger partial charge in [0.25, 0.3) is 0 Å². The lowest BCUT2D eigenvalue weighted by Crippen LogP contribution is -2.07. The second-order valence-electron chi connectivity index (χ2n) is 9.82. The molecule has 0 amide bonds. The van der Waals surface area contributed by atoms with Crippen molar-refractivity contribution in [2.75, 3.05) is 0 Å². The first kappa shape index (κ1) is 13.9. The van der Waals surface area contributed by atoms with Gasteiger partial charge < -0.3 is 4.57 Å². The Bertz CT molecular complexity index is 3180. The Morgan fingerprint density at radius 3 is 1.43 bits per heavy atom. The van der Waals surface area contributed by atoms with E-state index in [9.17, 15) is 0 Å². The number of hydrogen-bond acceptors (Lipinski definition) is 3. The summed E-state index contributed by atoms with van der Waals surface area (Å²) in [6.07, 6.45) is 0. The maximum Gasteiger partial charge on any atom is 0.238 e. The quantitative estimate of drug-likeness (QED) is 0.209. The van der Waals surface area contributed by atoms with Crippen molar-refractivity contribution in [1.29, 1.82) is 0 Å². The van der Waals surface area contributed by atoms with E-state index < -0.39 is 113 Å². The number of nitrogens with zero attached hydrogens (tertiary/aromatic N) is 5. The monoisotopic (exact) mass is 578 g/mol. The Labute approximate surface area is 274 Å². The molecule has 3 aromatic heterocycles. The zero-order chi connectivity index (χ0) is 42.1. The molecule has 0 spiro atoms. The van der Waals surface area contributed by atoms with Gasteiger partial charge in [-0.2, -0.15) is 9.97 Å². The Morgan fingerprint density at radius 1 is 0.432 bits per heavy atom. The normalized spacial score (nSPS) is 16.4.